The Kier molecular flexibility index (Phi) is 9.42. The second-order valence-corrected chi connectivity index (χ2v) is 7.59. The topological polar surface area (TPSA) is 64.1 Å². The number of aliphatic imine (C=N–C) groups is 1. The van der Waals surface area contributed by atoms with Crippen LogP contribution < -0.4 is 10.6 Å². The van der Waals surface area contributed by atoms with Crippen LogP contribution in [0.25, 0.3) is 0 Å². The van der Waals surface area contributed by atoms with Gasteiger partial charge in [0, 0.05) is 52.0 Å². The highest BCUT2D eigenvalue weighted by Gasteiger charge is 2.58. The monoisotopic (exact) mass is 469 g/mol. The summed E-state index contributed by atoms with van der Waals surface area (Å²) in [6.07, 6.45) is 4.38. The molecule has 6 nitrogen and oxygen atoms in total. The standard InChI is InChI=1S/C18H35N3O3.HI/c1-17(2)15(13-18(17,3)22-5)21-16(19-4)20-9-6-10-24-14-7-11-23-12-8-14;/h14-15H,6-13H2,1-5H3,(H2,19,20,21);1H. The molecule has 1 saturated carbocycles. The van der Waals surface area contributed by atoms with Crippen LogP contribution >= 0.6 is 24.0 Å². The summed E-state index contributed by atoms with van der Waals surface area (Å²) < 4.78 is 16.9. The molecule has 0 radical (unpaired) electrons. The maximum absolute atomic E-state index is 5.89. The minimum Gasteiger partial charge on any atom is -0.381 e. The molecule has 2 unspecified atom stereocenters. The van der Waals surface area contributed by atoms with E-state index in [0.29, 0.717) is 12.1 Å². The summed E-state index contributed by atoms with van der Waals surface area (Å²) in [5.74, 6) is 0.859. The molecule has 7 heteroatoms. The number of hydrogen-bond acceptors (Lipinski definition) is 4. The molecule has 2 fully saturated rings. The smallest absolute Gasteiger partial charge is 0.191 e. The number of guanidine groups is 1. The highest BCUT2D eigenvalue weighted by Crippen LogP contribution is 2.51. The normalized spacial score (nSPS) is 29.5. The average Bonchev–Trinajstić information content (AvgIpc) is 2.60. The Labute approximate surface area is 169 Å². The lowest BCUT2D eigenvalue weighted by Gasteiger charge is -2.59. The van der Waals surface area contributed by atoms with Crippen LogP contribution in [0.1, 0.15) is 46.5 Å². The van der Waals surface area contributed by atoms with Crippen LogP contribution in [-0.4, -0.2) is 64.2 Å². The van der Waals surface area contributed by atoms with E-state index in [1.165, 1.54) is 0 Å². The molecule has 0 amide bonds. The first-order valence-electron chi connectivity index (χ1n) is 9.14. The lowest BCUT2D eigenvalue weighted by atomic mass is 9.56. The second-order valence-electron chi connectivity index (χ2n) is 7.59. The fourth-order valence-electron chi connectivity index (χ4n) is 3.45. The van der Waals surface area contributed by atoms with Gasteiger partial charge in [0.15, 0.2) is 5.96 Å². The zero-order valence-corrected chi connectivity index (χ0v) is 18.7. The van der Waals surface area contributed by atoms with E-state index in [9.17, 15) is 0 Å². The lowest BCUT2D eigenvalue weighted by molar-refractivity contribution is -0.176. The molecule has 25 heavy (non-hydrogen) atoms. The number of nitrogens with one attached hydrogen (secondary N) is 2. The summed E-state index contributed by atoms with van der Waals surface area (Å²) in [4.78, 5) is 4.33. The van der Waals surface area contributed by atoms with Crippen LogP contribution in [0.5, 0.6) is 0 Å². The first kappa shape index (κ1) is 22.9. The molecular formula is C18H36IN3O3. The van der Waals surface area contributed by atoms with Crippen molar-refractivity contribution in [3.05, 3.63) is 0 Å². The minimum atomic E-state index is -0.0684. The Morgan fingerprint density at radius 3 is 2.48 bits per heavy atom. The summed E-state index contributed by atoms with van der Waals surface area (Å²) in [5.41, 5.74) is 0.00655. The van der Waals surface area contributed by atoms with Crippen LogP contribution in [0.2, 0.25) is 0 Å². The largest absolute Gasteiger partial charge is 0.381 e. The maximum atomic E-state index is 5.89. The van der Waals surface area contributed by atoms with Crippen LogP contribution in [0.3, 0.4) is 0 Å². The van der Waals surface area contributed by atoms with Gasteiger partial charge in [0.05, 0.1) is 11.7 Å². The zero-order chi connectivity index (χ0) is 17.6. The third kappa shape index (κ3) is 5.68. The molecule has 0 aromatic rings. The van der Waals surface area contributed by atoms with E-state index < -0.39 is 0 Å². The molecule has 1 aliphatic carbocycles. The van der Waals surface area contributed by atoms with Crippen molar-refractivity contribution in [2.75, 3.05) is 40.5 Å². The van der Waals surface area contributed by atoms with Crippen molar-refractivity contribution in [2.24, 2.45) is 10.4 Å². The van der Waals surface area contributed by atoms with Gasteiger partial charge in [-0.1, -0.05) is 13.8 Å². The number of rotatable bonds is 7. The summed E-state index contributed by atoms with van der Waals surface area (Å²) in [7, 11) is 3.61. The van der Waals surface area contributed by atoms with E-state index in [2.05, 4.69) is 36.4 Å². The van der Waals surface area contributed by atoms with Crippen LogP contribution in [-0.2, 0) is 14.2 Å². The Morgan fingerprint density at radius 1 is 1.24 bits per heavy atom. The molecule has 0 aromatic heterocycles. The number of ether oxygens (including phenoxy) is 3. The van der Waals surface area contributed by atoms with E-state index >= 15 is 0 Å². The van der Waals surface area contributed by atoms with Crippen molar-refractivity contribution in [2.45, 2.75) is 64.2 Å². The summed E-state index contributed by atoms with van der Waals surface area (Å²) in [5, 5.41) is 6.91. The average molecular weight is 469 g/mol. The summed E-state index contributed by atoms with van der Waals surface area (Å²) in [6.45, 7) is 9.96. The van der Waals surface area contributed by atoms with E-state index in [1.807, 2.05) is 7.05 Å². The van der Waals surface area contributed by atoms with Gasteiger partial charge in [-0.15, -0.1) is 24.0 Å². The van der Waals surface area contributed by atoms with Crippen LogP contribution in [0.15, 0.2) is 4.99 Å². The highest BCUT2D eigenvalue weighted by molar-refractivity contribution is 14.0. The minimum absolute atomic E-state index is 0. The summed E-state index contributed by atoms with van der Waals surface area (Å²) in [6, 6.07) is 0.368. The first-order chi connectivity index (χ1) is 11.4. The molecule has 0 spiro atoms. The number of hydrogen-bond donors (Lipinski definition) is 2. The predicted molar refractivity (Wildman–Crippen MR) is 112 cm³/mol. The van der Waals surface area contributed by atoms with Gasteiger partial charge in [-0.3, -0.25) is 4.99 Å². The molecule has 1 saturated heterocycles. The van der Waals surface area contributed by atoms with Gasteiger partial charge < -0.3 is 24.8 Å². The SMILES string of the molecule is CN=C(NCCCOC1CCOCC1)NC1CC(C)(OC)C1(C)C.I. The van der Waals surface area contributed by atoms with Gasteiger partial charge in [0.25, 0.3) is 0 Å². The molecule has 2 rings (SSSR count). The number of methoxy groups -OCH3 is 1. The third-order valence-corrected chi connectivity index (χ3v) is 5.95. The van der Waals surface area contributed by atoms with Gasteiger partial charge >= 0.3 is 0 Å². The third-order valence-electron chi connectivity index (χ3n) is 5.95. The summed E-state index contributed by atoms with van der Waals surface area (Å²) >= 11 is 0. The molecule has 0 bridgehead atoms. The molecule has 0 aromatic carbocycles. The van der Waals surface area contributed by atoms with Crippen LogP contribution in [0, 0.1) is 5.41 Å². The van der Waals surface area contributed by atoms with Gasteiger partial charge in [0.1, 0.15) is 0 Å². The van der Waals surface area contributed by atoms with Crippen molar-refractivity contribution in [3.63, 3.8) is 0 Å². The Balaban J connectivity index is 0.00000312. The Bertz CT molecular complexity index is 428. The van der Waals surface area contributed by atoms with Gasteiger partial charge in [-0.25, -0.2) is 0 Å². The fourth-order valence-corrected chi connectivity index (χ4v) is 3.45. The van der Waals surface area contributed by atoms with Crippen molar-refractivity contribution < 1.29 is 14.2 Å². The fraction of sp³-hybridized carbons (Fsp3) is 0.944. The molecule has 2 N–H and O–H groups in total. The quantitative estimate of drug-likeness (QED) is 0.260. The van der Waals surface area contributed by atoms with Gasteiger partial charge in [0.2, 0.25) is 0 Å². The molecule has 1 heterocycles. The van der Waals surface area contributed by atoms with E-state index in [0.717, 1.165) is 58.0 Å². The Hall–Kier alpha value is -0.120. The van der Waals surface area contributed by atoms with Crippen molar-refractivity contribution in [1.82, 2.24) is 10.6 Å². The maximum Gasteiger partial charge on any atom is 0.191 e. The van der Waals surface area contributed by atoms with E-state index in [-0.39, 0.29) is 35.0 Å². The number of halogens is 1. The van der Waals surface area contributed by atoms with Crippen LogP contribution in [0.4, 0.5) is 0 Å². The van der Waals surface area contributed by atoms with Gasteiger partial charge in [-0.2, -0.15) is 0 Å². The molecule has 1 aliphatic heterocycles. The van der Waals surface area contributed by atoms with E-state index in [1.54, 1.807) is 7.11 Å². The first-order valence-corrected chi connectivity index (χ1v) is 9.14. The number of nitrogens with zero attached hydrogens (tertiary/aromatic N) is 1. The molecule has 2 atom stereocenters. The van der Waals surface area contributed by atoms with Crippen molar-refractivity contribution in [3.8, 4) is 0 Å². The molecule has 2 aliphatic rings. The predicted octanol–water partition coefficient (Wildman–Crippen LogP) is 2.56. The van der Waals surface area contributed by atoms with Gasteiger partial charge in [-0.05, 0) is 32.6 Å². The van der Waals surface area contributed by atoms with Crippen molar-refractivity contribution in [1.29, 1.82) is 0 Å². The lowest BCUT2D eigenvalue weighted by Crippen LogP contribution is -2.69. The zero-order valence-electron chi connectivity index (χ0n) is 16.4. The Morgan fingerprint density at radius 2 is 1.92 bits per heavy atom. The van der Waals surface area contributed by atoms with Crippen molar-refractivity contribution >= 4 is 29.9 Å². The molecule has 148 valence electrons. The second kappa shape index (κ2) is 10.3. The highest BCUT2D eigenvalue weighted by atomic mass is 127. The van der Waals surface area contributed by atoms with E-state index in [4.69, 9.17) is 14.2 Å². The molecular weight excluding hydrogens is 433 g/mol.